The van der Waals surface area contributed by atoms with Crippen LogP contribution in [0.1, 0.15) is 5.56 Å². The zero-order valence-electron chi connectivity index (χ0n) is 14.0. The van der Waals surface area contributed by atoms with E-state index in [2.05, 4.69) is 26.6 Å². The summed E-state index contributed by atoms with van der Waals surface area (Å²) in [5.41, 5.74) is 1.45. The van der Waals surface area contributed by atoms with Crippen LogP contribution in [0.25, 0.3) is 0 Å². The molecule has 2 rings (SSSR count). The first-order chi connectivity index (χ1) is 12.0. The monoisotopic (exact) mass is 406 g/mol. The third-order valence-electron chi connectivity index (χ3n) is 3.36. The maximum atomic E-state index is 11.9. The van der Waals surface area contributed by atoms with Crippen LogP contribution in [0.5, 0.6) is 11.5 Å². The van der Waals surface area contributed by atoms with Gasteiger partial charge in [-0.1, -0.05) is 15.9 Å². The third kappa shape index (κ3) is 5.79. The predicted molar refractivity (Wildman–Crippen MR) is 99.0 cm³/mol. The quantitative estimate of drug-likeness (QED) is 0.571. The van der Waals surface area contributed by atoms with E-state index in [1.807, 2.05) is 13.0 Å². The van der Waals surface area contributed by atoms with Gasteiger partial charge in [-0.2, -0.15) is 0 Å². The number of hydrogen-bond acceptors (Lipinski definition) is 4. The number of carbonyl (C=O) groups is 2. The Morgan fingerprint density at radius 1 is 1.04 bits per heavy atom. The highest BCUT2D eigenvalue weighted by Crippen LogP contribution is 2.20. The van der Waals surface area contributed by atoms with E-state index in [1.54, 1.807) is 43.5 Å². The number of benzene rings is 2. The van der Waals surface area contributed by atoms with Crippen molar-refractivity contribution in [2.24, 2.45) is 0 Å². The topological polar surface area (TPSA) is 76.7 Å². The molecule has 132 valence electrons. The number of methoxy groups -OCH3 is 1. The van der Waals surface area contributed by atoms with Crippen molar-refractivity contribution in [3.63, 3.8) is 0 Å². The zero-order chi connectivity index (χ0) is 18.2. The molecule has 0 aliphatic rings. The van der Waals surface area contributed by atoms with E-state index >= 15 is 0 Å². The summed E-state index contributed by atoms with van der Waals surface area (Å²) in [5, 5.41) is 5.10. The zero-order valence-corrected chi connectivity index (χ0v) is 15.6. The maximum Gasteiger partial charge on any atom is 0.313 e. The summed E-state index contributed by atoms with van der Waals surface area (Å²) >= 11 is 3.35. The summed E-state index contributed by atoms with van der Waals surface area (Å²) in [7, 11) is 1.59. The summed E-state index contributed by atoms with van der Waals surface area (Å²) in [5.74, 6) is -0.0268. The molecule has 0 saturated carbocycles. The minimum absolute atomic E-state index is 0.220. The first-order valence-electron chi connectivity index (χ1n) is 7.62. The molecule has 2 N–H and O–H groups in total. The van der Waals surface area contributed by atoms with E-state index in [1.165, 1.54) is 0 Å². The summed E-state index contributed by atoms with van der Waals surface area (Å²) in [6, 6.07) is 12.5. The second-order valence-electron chi connectivity index (χ2n) is 5.19. The van der Waals surface area contributed by atoms with Gasteiger partial charge in [-0.05, 0) is 55.0 Å². The highest BCUT2D eigenvalue weighted by atomic mass is 79.9. The predicted octanol–water partition coefficient (Wildman–Crippen LogP) is 2.90. The van der Waals surface area contributed by atoms with Crippen molar-refractivity contribution in [2.45, 2.75) is 6.92 Å². The molecular formula is C18H19BrN2O4. The molecule has 0 aliphatic carbocycles. The van der Waals surface area contributed by atoms with Gasteiger partial charge in [-0.3, -0.25) is 9.59 Å². The van der Waals surface area contributed by atoms with E-state index in [-0.39, 0.29) is 13.2 Å². The van der Waals surface area contributed by atoms with E-state index in [0.29, 0.717) is 11.4 Å². The molecule has 0 fully saturated rings. The minimum atomic E-state index is -0.713. The number of nitrogens with one attached hydrogen (secondary N) is 2. The van der Waals surface area contributed by atoms with Crippen LogP contribution in [0.2, 0.25) is 0 Å². The Labute approximate surface area is 154 Å². The lowest BCUT2D eigenvalue weighted by Crippen LogP contribution is -2.37. The lowest BCUT2D eigenvalue weighted by atomic mass is 10.2. The molecule has 0 saturated heterocycles. The van der Waals surface area contributed by atoms with Gasteiger partial charge in [0.1, 0.15) is 18.1 Å². The summed E-state index contributed by atoms with van der Waals surface area (Å²) in [6.07, 6.45) is 0. The molecule has 6 nitrogen and oxygen atoms in total. The molecule has 0 unspecified atom stereocenters. The standard InChI is InChI=1S/C18H19BrN2O4/c1-12-11-13(19)3-8-16(12)21-18(23)17(22)20-9-10-25-15-6-4-14(24-2)5-7-15/h3-8,11H,9-10H2,1-2H3,(H,20,22)(H,21,23). The lowest BCUT2D eigenvalue weighted by Gasteiger charge is -2.10. The Morgan fingerprint density at radius 3 is 2.36 bits per heavy atom. The number of rotatable bonds is 6. The van der Waals surface area contributed by atoms with Gasteiger partial charge in [0.25, 0.3) is 0 Å². The minimum Gasteiger partial charge on any atom is -0.497 e. The Bertz CT molecular complexity index is 747. The van der Waals surface area contributed by atoms with Crippen molar-refractivity contribution in [1.29, 1.82) is 0 Å². The average molecular weight is 407 g/mol. The molecule has 25 heavy (non-hydrogen) atoms. The Hall–Kier alpha value is -2.54. The van der Waals surface area contributed by atoms with Gasteiger partial charge in [-0.25, -0.2) is 0 Å². The molecule has 0 spiro atoms. The van der Waals surface area contributed by atoms with Crippen molar-refractivity contribution in [1.82, 2.24) is 5.32 Å². The Morgan fingerprint density at radius 2 is 1.72 bits per heavy atom. The maximum absolute atomic E-state index is 11.9. The fraction of sp³-hybridized carbons (Fsp3) is 0.222. The van der Waals surface area contributed by atoms with Gasteiger partial charge in [0.2, 0.25) is 0 Å². The largest absolute Gasteiger partial charge is 0.497 e. The van der Waals surface area contributed by atoms with Gasteiger partial charge in [0.05, 0.1) is 13.7 Å². The van der Waals surface area contributed by atoms with Crippen LogP contribution in [0.3, 0.4) is 0 Å². The lowest BCUT2D eigenvalue weighted by molar-refractivity contribution is -0.136. The van der Waals surface area contributed by atoms with Crippen LogP contribution >= 0.6 is 15.9 Å². The third-order valence-corrected chi connectivity index (χ3v) is 3.85. The second kappa shape index (κ2) is 9.08. The number of amides is 2. The molecule has 0 atom stereocenters. The normalized spacial score (nSPS) is 10.0. The smallest absolute Gasteiger partial charge is 0.313 e. The summed E-state index contributed by atoms with van der Waals surface area (Å²) in [4.78, 5) is 23.7. The number of anilines is 1. The number of carbonyl (C=O) groups excluding carboxylic acids is 2. The fourth-order valence-electron chi connectivity index (χ4n) is 2.03. The SMILES string of the molecule is COc1ccc(OCCNC(=O)C(=O)Nc2ccc(Br)cc2C)cc1. The van der Waals surface area contributed by atoms with Gasteiger partial charge in [0, 0.05) is 10.2 Å². The number of hydrogen-bond donors (Lipinski definition) is 2. The second-order valence-corrected chi connectivity index (χ2v) is 6.11. The summed E-state index contributed by atoms with van der Waals surface area (Å²) in [6.45, 7) is 2.32. The van der Waals surface area contributed by atoms with Crippen molar-refractivity contribution in [3.8, 4) is 11.5 Å². The Kier molecular flexibility index (Phi) is 6.82. The molecule has 2 aromatic carbocycles. The number of aryl methyl sites for hydroxylation is 1. The molecule has 0 radical (unpaired) electrons. The van der Waals surface area contributed by atoms with E-state index in [0.717, 1.165) is 15.8 Å². The van der Waals surface area contributed by atoms with Crippen LogP contribution in [-0.4, -0.2) is 32.1 Å². The first kappa shape index (κ1) is 18.8. The fourth-order valence-corrected chi connectivity index (χ4v) is 2.51. The van der Waals surface area contributed by atoms with Gasteiger partial charge < -0.3 is 20.1 Å². The van der Waals surface area contributed by atoms with E-state index < -0.39 is 11.8 Å². The molecule has 7 heteroatoms. The molecule has 2 aromatic rings. The molecule has 0 aliphatic heterocycles. The Balaban J connectivity index is 1.74. The van der Waals surface area contributed by atoms with E-state index in [4.69, 9.17) is 9.47 Å². The number of halogens is 1. The molecule has 0 bridgehead atoms. The van der Waals surface area contributed by atoms with Crippen LogP contribution in [0.4, 0.5) is 5.69 Å². The van der Waals surface area contributed by atoms with Crippen LogP contribution in [-0.2, 0) is 9.59 Å². The van der Waals surface area contributed by atoms with Crippen LogP contribution in [0, 0.1) is 6.92 Å². The van der Waals surface area contributed by atoms with Crippen LogP contribution in [0.15, 0.2) is 46.9 Å². The first-order valence-corrected chi connectivity index (χ1v) is 8.41. The average Bonchev–Trinajstić information content (AvgIpc) is 2.61. The molecular weight excluding hydrogens is 388 g/mol. The van der Waals surface area contributed by atoms with Gasteiger partial charge in [0.15, 0.2) is 0 Å². The van der Waals surface area contributed by atoms with Crippen molar-refractivity contribution in [2.75, 3.05) is 25.6 Å². The van der Waals surface area contributed by atoms with Crippen molar-refractivity contribution < 1.29 is 19.1 Å². The molecule has 2 amide bonds. The van der Waals surface area contributed by atoms with Crippen molar-refractivity contribution in [3.05, 3.63) is 52.5 Å². The summed E-state index contributed by atoms with van der Waals surface area (Å²) < 4.78 is 11.4. The van der Waals surface area contributed by atoms with Gasteiger partial charge in [-0.15, -0.1) is 0 Å². The van der Waals surface area contributed by atoms with Gasteiger partial charge >= 0.3 is 11.8 Å². The van der Waals surface area contributed by atoms with Crippen LogP contribution < -0.4 is 20.1 Å². The number of ether oxygens (including phenoxy) is 2. The van der Waals surface area contributed by atoms with E-state index in [9.17, 15) is 9.59 Å². The van der Waals surface area contributed by atoms with Crippen molar-refractivity contribution >= 4 is 33.4 Å². The highest BCUT2D eigenvalue weighted by molar-refractivity contribution is 9.10. The highest BCUT2D eigenvalue weighted by Gasteiger charge is 2.14. The molecule has 0 aromatic heterocycles. The molecule has 0 heterocycles.